The molecule has 1 heterocycles. The van der Waals surface area contributed by atoms with Crippen molar-refractivity contribution in [3.05, 3.63) is 114 Å². The van der Waals surface area contributed by atoms with E-state index < -0.39 is 0 Å². The van der Waals surface area contributed by atoms with Crippen molar-refractivity contribution >= 4 is 5.91 Å². The van der Waals surface area contributed by atoms with E-state index in [2.05, 4.69) is 39.5 Å². The van der Waals surface area contributed by atoms with Gasteiger partial charge in [-0.15, -0.1) is 0 Å². The summed E-state index contributed by atoms with van der Waals surface area (Å²) in [6, 6.07) is 28.4. The minimum atomic E-state index is -0.169. The van der Waals surface area contributed by atoms with Crippen molar-refractivity contribution in [2.75, 3.05) is 0 Å². The standard InChI is InChI=1S/C28H27N3O3/c32-28(29-23-14-15-23)26-20-33-27(30-26)19-31(17-21-8-3-1-4-9-21)18-22-10-7-13-25(16-22)34-24-11-5-2-6-12-24/h1-13,16,20,23H,14-15,17-19H2,(H,29,32). The Morgan fingerprint density at radius 3 is 2.32 bits per heavy atom. The lowest BCUT2D eigenvalue weighted by atomic mass is 10.1. The molecular weight excluding hydrogens is 426 g/mol. The minimum Gasteiger partial charge on any atom is -0.457 e. The van der Waals surface area contributed by atoms with Gasteiger partial charge in [-0.05, 0) is 48.2 Å². The lowest BCUT2D eigenvalue weighted by molar-refractivity contribution is 0.0946. The van der Waals surface area contributed by atoms with E-state index >= 15 is 0 Å². The van der Waals surface area contributed by atoms with Crippen LogP contribution in [-0.2, 0) is 19.6 Å². The largest absolute Gasteiger partial charge is 0.457 e. The van der Waals surface area contributed by atoms with Crippen molar-refractivity contribution in [3.63, 3.8) is 0 Å². The molecule has 5 rings (SSSR count). The van der Waals surface area contributed by atoms with E-state index in [9.17, 15) is 4.79 Å². The number of hydrogen-bond acceptors (Lipinski definition) is 5. The number of ether oxygens (including phenoxy) is 1. The van der Waals surface area contributed by atoms with Crippen LogP contribution in [0.3, 0.4) is 0 Å². The number of nitrogens with one attached hydrogen (secondary N) is 1. The second-order valence-corrected chi connectivity index (χ2v) is 8.57. The van der Waals surface area contributed by atoms with E-state index in [1.165, 1.54) is 11.8 Å². The zero-order valence-corrected chi connectivity index (χ0v) is 18.9. The van der Waals surface area contributed by atoms with Crippen LogP contribution in [0.2, 0.25) is 0 Å². The first-order valence-electron chi connectivity index (χ1n) is 11.5. The van der Waals surface area contributed by atoms with Crippen LogP contribution in [0.1, 0.15) is 40.3 Å². The van der Waals surface area contributed by atoms with Gasteiger partial charge in [-0.3, -0.25) is 9.69 Å². The molecule has 0 atom stereocenters. The van der Waals surface area contributed by atoms with Crippen molar-refractivity contribution in [1.82, 2.24) is 15.2 Å². The van der Waals surface area contributed by atoms with Gasteiger partial charge >= 0.3 is 0 Å². The molecule has 172 valence electrons. The Morgan fingerprint density at radius 2 is 1.56 bits per heavy atom. The fraction of sp³-hybridized carbons (Fsp3) is 0.214. The van der Waals surface area contributed by atoms with E-state index in [1.54, 1.807) is 0 Å². The van der Waals surface area contributed by atoms with Crippen LogP contribution < -0.4 is 10.1 Å². The molecule has 0 bridgehead atoms. The Bertz CT molecular complexity index is 1220. The van der Waals surface area contributed by atoms with Gasteiger partial charge in [0.2, 0.25) is 5.89 Å². The van der Waals surface area contributed by atoms with E-state index in [1.807, 2.05) is 60.7 Å². The zero-order chi connectivity index (χ0) is 23.2. The molecule has 0 saturated heterocycles. The van der Waals surface area contributed by atoms with Crippen LogP contribution in [0.5, 0.6) is 11.5 Å². The summed E-state index contributed by atoms with van der Waals surface area (Å²) in [5.74, 6) is 1.95. The second kappa shape index (κ2) is 10.4. The van der Waals surface area contributed by atoms with E-state index in [0.717, 1.165) is 36.4 Å². The minimum absolute atomic E-state index is 0.169. The molecule has 1 aliphatic rings. The van der Waals surface area contributed by atoms with Crippen molar-refractivity contribution in [1.29, 1.82) is 0 Å². The Hall–Kier alpha value is -3.90. The number of nitrogens with zero attached hydrogens (tertiary/aromatic N) is 2. The average molecular weight is 454 g/mol. The predicted molar refractivity (Wildman–Crippen MR) is 129 cm³/mol. The Kier molecular flexibility index (Phi) is 6.68. The molecule has 1 aliphatic carbocycles. The van der Waals surface area contributed by atoms with Crippen molar-refractivity contribution in [3.8, 4) is 11.5 Å². The Balaban J connectivity index is 1.30. The monoisotopic (exact) mass is 453 g/mol. The summed E-state index contributed by atoms with van der Waals surface area (Å²) in [4.78, 5) is 19.0. The fourth-order valence-corrected chi connectivity index (χ4v) is 3.77. The highest BCUT2D eigenvalue weighted by molar-refractivity contribution is 5.92. The molecule has 1 aromatic heterocycles. The maximum atomic E-state index is 12.3. The molecule has 1 fully saturated rings. The first kappa shape index (κ1) is 21.9. The SMILES string of the molecule is O=C(NC1CC1)c1coc(CN(Cc2ccccc2)Cc2cccc(Oc3ccccc3)c2)n1. The van der Waals surface area contributed by atoms with Crippen molar-refractivity contribution in [2.24, 2.45) is 0 Å². The Labute approximate surface area is 199 Å². The summed E-state index contributed by atoms with van der Waals surface area (Å²) in [5.41, 5.74) is 2.64. The third kappa shape index (κ3) is 6.11. The summed E-state index contributed by atoms with van der Waals surface area (Å²) in [6.07, 6.45) is 3.52. The molecule has 1 saturated carbocycles. The first-order valence-corrected chi connectivity index (χ1v) is 11.5. The maximum absolute atomic E-state index is 12.3. The maximum Gasteiger partial charge on any atom is 0.273 e. The third-order valence-corrected chi connectivity index (χ3v) is 5.59. The molecule has 0 radical (unpaired) electrons. The molecule has 0 unspecified atom stereocenters. The molecule has 34 heavy (non-hydrogen) atoms. The van der Waals surface area contributed by atoms with Crippen LogP contribution >= 0.6 is 0 Å². The third-order valence-electron chi connectivity index (χ3n) is 5.59. The number of carbonyl (C=O) groups excluding carboxylic acids is 1. The van der Waals surface area contributed by atoms with E-state index in [-0.39, 0.29) is 11.9 Å². The first-order chi connectivity index (χ1) is 16.7. The van der Waals surface area contributed by atoms with Gasteiger partial charge in [0, 0.05) is 19.1 Å². The van der Waals surface area contributed by atoms with Gasteiger partial charge in [0.05, 0.1) is 6.54 Å². The average Bonchev–Trinajstić information content (AvgIpc) is 3.54. The number of hydrogen-bond donors (Lipinski definition) is 1. The molecule has 0 aliphatic heterocycles. The topological polar surface area (TPSA) is 67.6 Å². The van der Waals surface area contributed by atoms with Crippen LogP contribution in [-0.4, -0.2) is 21.8 Å². The molecule has 0 spiro atoms. The smallest absolute Gasteiger partial charge is 0.273 e. The molecule has 1 amide bonds. The summed E-state index contributed by atoms with van der Waals surface area (Å²) < 4.78 is 11.7. The highest BCUT2D eigenvalue weighted by Gasteiger charge is 2.25. The molecule has 6 nitrogen and oxygen atoms in total. The van der Waals surface area contributed by atoms with Crippen LogP contribution in [0, 0.1) is 0 Å². The highest BCUT2D eigenvalue weighted by atomic mass is 16.5. The molecule has 4 aromatic rings. The Morgan fingerprint density at radius 1 is 0.882 bits per heavy atom. The number of rotatable bonds is 10. The zero-order valence-electron chi connectivity index (χ0n) is 18.9. The number of oxazole rings is 1. The summed E-state index contributed by atoms with van der Waals surface area (Å²) in [6.45, 7) is 1.87. The normalized spacial score (nSPS) is 13.1. The van der Waals surface area contributed by atoms with Gasteiger partial charge in [0.25, 0.3) is 5.91 Å². The number of carbonyl (C=O) groups is 1. The van der Waals surface area contributed by atoms with Gasteiger partial charge in [0.15, 0.2) is 5.69 Å². The van der Waals surface area contributed by atoms with Gasteiger partial charge in [0.1, 0.15) is 17.8 Å². The predicted octanol–water partition coefficient (Wildman–Crippen LogP) is 5.56. The second-order valence-electron chi connectivity index (χ2n) is 8.57. The molecule has 3 aromatic carbocycles. The van der Waals surface area contributed by atoms with E-state index in [0.29, 0.717) is 24.7 Å². The van der Waals surface area contributed by atoms with Crippen LogP contribution in [0.4, 0.5) is 0 Å². The lowest BCUT2D eigenvalue weighted by Crippen LogP contribution is -2.26. The fourth-order valence-electron chi connectivity index (χ4n) is 3.77. The van der Waals surface area contributed by atoms with Crippen molar-refractivity contribution in [2.45, 2.75) is 38.5 Å². The number of para-hydroxylation sites is 1. The molecule has 1 N–H and O–H groups in total. The summed E-state index contributed by atoms with van der Waals surface area (Å²) in [5, 5.41) is 2.95. The lowest BCUT2D eigenvalue weighted by Gasteiger charge is -2.21. The van der Waals surface area contributed by atoms with Gasteiger partial charge in [-0.25, -0.2) is 4.98 Å². The number of amides is 1. The van der Waals surface area contributed by atoms with Gasteiger partial charge < -0.3 is 14.5 Å². The number of benzene rings is 3. The molecule has 6 heteroatoms. The van der Waals surface area contributed by atoms with Crippen molar-refractivity contribution < 1.29 is 13.9 Å². The van der Waals surface area contributed by atoms with Gasteiger partial charge in [-0.1, -0.05) is 60.7 Å². The highest BCUT2D eigenvalue weighted by Crippen LogP contribution is 2.24. The number of aromatic nitrogens is 1. The van der Waals surface area contributed by atoms with Gasteiger partial charge in [-0.2, -0.15) is 0 Å². The van der Waals surface area contributed by atoms with Crippen LogP contribution in [0.15, 0.2) is 95.6 Å². The molecular formula is C28H27N3O3. The summed E-state index contributed by atoms with van der Waals surface area (Å²) >= 11 is 0. The summed E-state index contributed by atoms with van der Waals surface area (Å²) in [7, 11) is 0. The van der Waals surface area contributed by atoms with Crippen LogP contribution in [0.25, 0.3) is 0 Å². The van der Waals surface area contributed by atoms with E-state index in [4.69, 9.17) is 9.15 Å². The quantitative estimate of drug-likeness (QED) is 0.340.